The SMILES string of the molecule is CNS(=O)(=O)Nc1ccc(F)cc1C#N. The standard InChI is InChI=1S/C8H8FN3O2S/c1-11-15(13,14)12-8-3-2-7(9)4-6(8)5-10/h2-4,11-12H,1H3. The molecule has 0 saturated carbocycles. The second kappa shape index (κ2) is 4.25. The maximum atomic E-state index is 12.7. The normalized spacial score (nSPS) is 10.7. The number of anilines is 1. The van der Waals surface area contributed by atoms with Crippen LogP contribution < -0.4 is 9.44 Å². The Hall–Kier alpha value is -1.65. The zero-order chi connectivity index (χ0) is 11.5. The Morgan fingerprint density at radius 3 is 2.67 bits per heavy atom. The molecule has 0 aliphatic carbocycles. The maximum Gasteiger partial charge on any atom is 0.298 e. The molecule has 15 heavy (non-hydrogen) atoms. The van der Waals surface area contributed by atoms with Gasteiger partial charge in [0.05, 0.1) is 11.3 Å². The molecule has 0 unspecified atom stereocenters. The molecule has 0 amide bonds. The van der Waals surface area contributed by atoms with E-state index >= 15 is 0 Å². The Morgan fingerprint density at radius 1 is 1.47 bits per heavy atom. The minimum atomic E-state index is -3.69. The highest BCUT2D eigenvalue weighted by Gasteiger charge is 2.10. The molecule has 0 saturated heterocycles. The summed E-state index contributed by atoms with van der Waals surface area (Å²) >= 11 is 0. The van der Waals surface area contributed by atoms with E-state index in [0.717, 1.165) is 12.1 Å². The van der Waals surface area contributed by atoms with Crippen molar-refractivity contribution in [1.82, 2.24) is 4.72 Å². The summed E-state index contributed by atoms with van der Waals surface area (Å²) < 4.78 is 39.0. The molecule has 1 aromatic carbocycles. The lowest BCUT2D eigenvalue weighted by molar-refractivity contribution is 0.593. The molecular formula is C8H8FN3O2S. The van der Waals surface area contributed by atoms with Crippen molar-refractivity contribution in [3.8, 4) is 6.07 Å². The van der Waals surface area contributed by atoms with Crippen molar-refractivity contribution in [2.45, 2.75) is 0 Å². The van der Waals surface area contributed by atoms with Crippen LogP contribution in [0.2, 0.25) is 0 Å². The smallest absolute Gasteiger partial charge is 0.270 e. The second-order valence-corrected chi connectivity index (χ2v) is 4.23. The first-order valence-electron chi connectivity index (χ1n) is 3.89. The van der Waals surface area contributed by atoms with Crippen LogP contribution in [-0.2, 0) is 10.2 Å². The number of nitrogens with zero attached hydrogens (tertiary/aromatic N) is 1. The van der Waals surface area contributed by atoms with Crippen molar-refractivity contribution in [2.75, 3.05) is 11.8 Å². The summed E-state index contributed by atoms with van der Waals surface area (Å²) in [5, 5.41) is 8.64. The van der Waals surface area contributed by atoms with E-state index in [4.69, 9.17) is 5.26 Å². The zero-order valence-electron chi connectivity index (χ0n) is 7.78. The Morgan fingerprint density at radius 2 is 2.13 bits per heavy atom. The lowest BCUT2D eigenvalue weighted by atomic mass is 10.2. The molecule has 7 heteroatoms. The summed E-state index contributed by atoms with van der Waals surface area (Å²) in [4.78, 5) is 0. The van der Waals surface area contributed by atoms with Crippen LogP contribution in [0.1, 0.15) is 5.56 Å². The molecule has 0 fully saturated rings. The molecule has 1 rings (SSSR count). The summed E-state index contributed by atoms with van der Waals surface area (Å²) in [5.41, 5.74) is -0.0397. The molecule has 2 N–H and O–H groups in total. The van der Waals surface area contributed by atoms with Gasteiger partial charge < -0.3 is 0 Å². The molecule has 0 aliphatic heterocycles. The summed E-state index contributed by atoms with van der Waals surface area (Å²) in [5.74, 6) is -0.598. The van der Waals surface area contributed by atoms with E-state index in [1.807, 2.05) is 4.72 Å². The molecule has 0 spiro atoms. The minimum absolute atomic E-state index is 0.0354. The number of rotatable bonds is 3. The Bertz CT molecular complexity index is 507. The van der Waals surface area contributed by atoms with Gasteiger partial charge >= 0.3 is 0 Å². The van der Waals surface area contributed by atoms with Crippen LogP contribution in [0.4, 0.5) is 10.1 Å². The van der Waals surface area contributed by atoms with Gasteiger partial charge in [-0.3, -0.25) is 4.72 Å². The largest absolute Gasteiger partial charge is 0.298 e. The highest BCUT2D eigenvalue weighted by molar-refractivity contribution is 7.90. The summed E-state index contributed by atoms with van der Waals surface area (Å²) in [6.45, 7) is 0. The van der Waals surface area contributed by atoms with Crippen LogP contribution in [-0.4, -0.2) is 15.5 Å². The van der Waals surface area contributed by atoms with E-state index in [-0.39, 0.29) is 11.3 Å². The van der Waals surface area contributed by atoms with Gasteiger partial charge in [0.1, 0.15) is 11.9 Å². The number of nitriles is 1. The van der Waals surface area contributed by atoms with E-state index in [2.05, 4.69) is 4.72 Å². The number of halogens is 1. The molecule has 0 atom stereocenters. The Kier molecular flexibility index (Phi) is 3.24. The minimum Gasteiger partial charge on any atom is -0.270 e. The van der Waals surface area contributed by atoms with E-state index in [0.29, 0.717) is 0 Å². The highest BCUT2D eigenvalue weighted by atomic mass is 32.2. The number of nitrogens with one attached hydrogen (secondary N) is 2. The second-order valence-electron chi connectivity index (χ2n) is 2.61. The average molecular weight is 229 g/mol. The summed E-state index contributed by atoms with van der Waals surface area (Å²) in [7, 11) is -2.47. The Labute approximate surface area is 86.7 Å². The van der Waals surface area contributed by atoms with Crippen molar-refractivity contribution in [3.05, 3.63) is 29.6 Å². The number of benzene rings is 1. The third kappa shape index (κ3) is 2.90. The van der Waals surface area contributed by atoms with Crippen molar-refractivity contribution < 1.29 is 12.8 Å². The third-order valence-corrected chi connectivity index (χ3v) is 2.64. The monoisotopic (exact) mass is 229 g/mol. The molecule has 1 aromatic rings. The van der Waals surface area contributed by atoms with E-state index < -0.39 is 16.0 Å². The van der Waals surface area contributed by atoms with E-state index in [1.165, 1.54) is 13.1 Å². The van der Waals surface area contributed by atoms with Crippen LogP contribution in [0.25, 0.3) is 0 Å². The topological polar surface area (TPSA) is 82.0 Å². The first kappa shape index (κ1) is 11.4. The predicted octanol–water partition coefficient (Wildman–Crippen LogP) is 0.573. The first-order chi connectivity index (χ1) is 6.98. The van der Waals surface area contributed by atoms with Crippen LogP contribution in [0.5, 0.6) is 0 Å². The van der Waals surface area contributed by atoms with Crippen LogP contribution in [0.3, 0.4) is 0 Å². The molecule has 0 aliphatic rings. The van der Waals surface area contributed by atoms with Crippen LogP contribution in [0.15, 0.2) is 18.2 Å². The van der Waals surface area contributed by atoms with Gasteiger partial charge in [-0.25, -0.2) is 9.11 Å². The average Bonchev–Trinajstić information content (AvgIpc) is 2.20. The first-order valence-corrected chi connectivity index (χ1v) is 5.38. The van der Waals surface area contributed by atoms with Gasteiger partial charge in [-0.05, 0) is 18.2 Å². The lowest BCUT2D eigenvalue weighted by Gasteiger charge is -2.07. The highest BCUT2D eigenvalue weighted by Crippen LogP contribution is 2.16. The summed E-state index contributed by atoms with van der Waals surface area (Å²) in [6, 6.07) is 4.89. The summed E-state index contributed by atoms with van der Waals surface area (Å²) in [6.07, 6.45) is 0. The van der Waals surface area contributed by atoms with Gasteiger partial charge in [0, 0.05) is 7.05 Å². The quantitative estimate of drug-likeness (QED) is 0.795. The van der Waals surface area contributed by atoms with Crippen molar-refractivity contribution in [2.24, 2.45) is 0 Å². The number of hydrogen-bond acceptors (Lipinski definition) is 3. The van der Waals surface area contributed by atoms with Gasteiger partial charge in [0.15, 0.2) is 0 Å². The third-order valence-electron chi connectivity index (χ3n) is 1.62. The van der Waals surface area contributed by atoms with Gasteiger partial charge in [0.2, 0.25) is 0 Å². The van der Waals surface area contributed by atoms with Crippen molar-refractivity contribution >= 4 is 15.9 Å². The zero-order valence-corrected chi connectivity index (χ0v) is 8.60. The van der Waals surface area contributed by atoms with E-state index in [9.17, 15) is 12.8 Å². The molecule has 0 aromatic heterocycles. The molecular weight excluding hydrogens is 221 g/mol. The lowest BCUT2D eigenvalue weighted by Crippen LogP contribution is -2.26. The predicted molar refractivity (Wildman–Crippen MR) is 52.7 cm³/mol. The fraction of sp³-hybridized carbons (Fsp3) is 0.125. The molecule has 0 bridgehead atoms. The Balaban J connectivity index is 3.12. The number of hydrogen-bond donors (Lipinski definition) is 2. The van der Waals surface area contributed by atoms with Crippen molar-refractivity contribution in [3.63, 3.8) is 0 Å². The van der Waals surface area contributed by atoms with Gasteiger partial charge in [-0.15, -0.1) is 0 Å². The van der Waals surface area contributed by atoms with Crippen molar-refractivity contribution in [1.29, 1.82) is 5.26 Å². The molecule has 0 heterocycles. The van der Waals surface area contributed by atoms with Crippen LogP contribution in [0, 0.1) is 17.1 Å². The van der Waals surface area contributed by atoms with Gasteiger partial charge in [0.25, 0.3) is 10.2 Å². The maximum absolute atomic E-state index is 12.7. The fourth-order valence-electron chi connectivity index (χ4n) is 0.894. The van der Waals surface area contributed by atoms with E-state index in [1.54, 1.807) is 6.07 Å². The van der Waals surface area contributed by atoms with Gasteiger partial charge in [-0.1, -0.05) is 0 Å². The molecule has 5 nitrogen and oxygen atoms in total. The van der Waals surface area contributed by atoms with Gasteiger partial charge in [-0.2, -0.15) is 13.7 Å². The molecule has 0 radical (unpaired) electrons. The molecule has 80 valence electrons. The fourth-order valence-corrected chi connectivity index (χ4v) is 1.46. The van der Waals surface area contributed by atoms with Crippen LogP contribution >= 0.6 is 0 Å².